The van der Waals surface area contributed by atoms with Gasteiger partial charge in [0.25, 0.3) is 5.91 Å². The smallest absolute Gasteiger partial charge is 0.326 e. The van der Waals surface area contributed by atoms with Gasteiger partial charge in [-0.3, -0.25) is 14.7 Å². The summed E-state index contributed by atoms with van der Waals surface area (Å²) in [4.78, 5) is 29.1. The number of carboxylic acid groups (broad SMARTS) is 1. The summed E-state index contributed by atoms with van der Waals surface area (Å²) >= 11 is 6.22. The number of thioether (sulfide) groups is 1. The Labute approximate surface area is 125 Å². The summed E-state index contributed by atoms with van der Waals surface area (Å²) in [7, 11) is 0. The van der Waals surface area contributed by atoms with Gasteiger partial charge in [-0.2, -0.15) is 0 Å². The lowest BCUT2D eigenvalue weighted by molar-refractivity contribution is -0.145. The third-order valence-corrected chi connectivity index (χ3v) is 4.10. The molecule has 0 radical (unpaired) electrons. The van der Waals surface area contributed by atoms with Gasteiger partial charge < -0.3 is 5.11 Å². The zero-order valence-electron chi connectivity index (χ0n) is 10.6. The predicted molar refractivity (Wildman–Crippen MR) is 81.0 cm³/mol. The number of nitrogens with zero attached hydrogens (tertiary/aromatic N) is 2. The third kappa shape index (κ3) is 2.88. The number of rotatable bonds is 4. The standard InChI is InChI=1S/C13H12N2O3S2/c1-2-9(12(17)18)15-11(16)10(20-13(15)19)7-8-5-3-4-6-14-8/h3-7,9H,2H2,1H3,(H,17,18)/b10-7-. The zero-order valence-corrected chi connectivity index (χ0v) is 12.3. The lowest BCUT2D eigenvalue weighted by Crippen LogP contribution is -2.43. The van der Waals surface area contributed by atoms with Crippen LogP contribution in [0.3, 0.4) is 0 Å². The van der Waals surface area contributed by atoms with E-state index in [1.165, 1.54) is 0 Å². The number of aliphatic carboxylic acids is 1. The molecule has 1 aromatic rings. The minimum Gasteiger partial charge on any atom is -0.480 e. The Morgan fingerprint density at radius 1 is 1.60 bits per heavy atom. The Morgan fingerprint density at radius 2 is 2.35 bits per heavy atom. The maximum absolute atomic E-state index is 12.3. The molecule has 5 nitrogen and oxygen atoms in total. The number of hydrogen-bond donors (Lipinski definition) is 1. The first-order chi connectivity index (χ1) is 9.54. The number of aromatic nitrogens is 1. The SMILES string of the molecule is CCC(C(=O)O)N1C(=O)/C(=C/c2ccccn2)SC1=S. The fourth-order valence-corrected chi connectivity index (χ4v) is 3.15. The number of hydrogen-bond acceptors (Lipinski definition) is 5. The van der Waals surface area contributed by atoms with Gasteiger partial charge in [0.2, 0.25) is 0 Å². The number of carboxylic acids is 1. The number of thiocarbonyl (C=S) groups is 1. The van der Waals surface area contributed by atoms with Gasteiger partial charge in [0.05, 0.1) is 10.6 Å². The molecular formula is C13H12N2O3S2. The summed E-state index contributed by atoms with van der Waals surface area (Å²) in [5, 5.41) is 9.15. The first kappa shape index (κ1) is 14.7. The molecule has 1 saturated heterocycles. The molecule has 1 unspecified atom stereocenters. The minimum atomic E-state index is -1.05. The molecule has 1 atom stereocenters. The van der Waals surface area contributed by atoms with Crippen molar-refractivity contribution in [1.29, 1.82) is 0 Å². The van der Waals surface area contributed by atoms with Gasteiger partial charge in [0.15, 0.2) is 0 Å². The van der Waals surface area contributed by atoms with E-state index in [4.69, 9.17) is 17.3 Å². The highest BCUT2D eigenvalue weighted by Crippen LogP contribution is 2.34. The van der Waals surface area contributed by atoms with Crippen LogP contribution in [0.1, 0.15) is 19.0 Å². The molecule has 1 amide bonds. The average molecular weight is 308 g/mol. The summed E-state index contributed by atoms with van der Waals surface area (Å²) in [6, 6.07) is 4.43. The average Bonchev–Trinajstić information content (AvgIpc) is 2.68. The molecule has 0 bridgehead atoms. The first-order valence-corrected chi connectivity index (χ1v) is 7.18. The second-order valence-electron chi connectivity index (χ2n) is 4.07. The molecule has 0 spiro atoms. The fourth-order valence-electron chi connectivity index (χ4n) is 1.81. The number of carbonyl (C=O) groups excluding carboxylic acids is 1. The maximum Gasteiger partial charge on any atom is 0.326 e. The van der Waals surface area contributed by atoms with Crippen molar-refractivity contribution in [3.63, 3.8) is 0 Å². The molecule has 1 aromatic heterocycles. The van der Waals surface area contributed by atoms with Crippen LogP contribution >= 0.6 is 24.0 Å². The van der Waals surface area contributed by atoms with E-state index in [-0.39, 0.29) is 10.2 Å². The van der Waals surface area contributed by atoms with E-state index in [1.54, 1.807) is 31.3 Å². The molecule has 0 aliphatic carbocycles. The van der Waals surface area contributed by atoms with Crippen LogP contribution in [0.4, 0.5) is 0 Å². The summed E-state index contributed by atoms with van der Waals surface area (Å²) in [6.07, 6.45) is 3.55. The molecule has 104 valence electrons. The van der Waals surface area contributed by atoms with Crippen LogP contribution in [0.25, 0.3) is 6.08 Å². The Kier molecular flexibility index (Phi) is 4.51. The highest BCUT2D eigenvalue weighted by Gasteiger charge is 2.39. The quantitative estimate of drug-likeness (QED) is 0.679. The molecule has 20 heavy (non-hydrogen) atoms. The van der Waals surface area contributed by atoms with E-state index in [0.29, 0.717) is 17.0 Å². The van der Waals surface area contributed by atoms with Crippen molar-refractivity contribution >= 4 is 46.3 Å². The topological polar surface area (TPSA) is 70.5 Å². The molecule has 0 aromatic carbocycles. The van der Waals surface area contributed by atoms with Crippen LogP contribution in [-0.4, -0.2) is 37.2 Å². The molecule has 0 saturated carbocycles. The van der Waals surface area contributed by atoms with E-state index in [1.807, 2.05) is 6.07 Å². The van der Waals surface area contributed by atoms with Gasteiger partial charge >= 0.3 is 5.97 Å². The molecule has 1 aliphatic rings. The molecule has 1 aliphatic heterocycles. The Hall–Kier alpha value is -1.73. The van der Waals surface area contributed by atoms with Crippen LogP contribution in [0.2, 0.25) is 0 Å². The highest BCUT2D eigenvalue weighted by atomic mass is 32.2. The molecular weight excluding hydrogens is 296 g/mol. The molecule has 2 rings (SSSR count). The van der Waals surface area contributed by atoms with Crippen molar-refractivity contribution in [1.82, 2.24) is 9.88 Å². The van der Waals surface area contributed by atoms with Crippen LogP contribution in [-0.2, 0) is 9.59 Å². The van der Waals surface area contributed by atoms with E-state index < -0.39 is 12.0 Å². The van der Waals surface area contributed by atoms with E-state index in [2.05, 4.69) is 4.98 Å². The Balaban J connectivity index is 2.29. The van der Waals surface area contributed by atoms with Crippen molar-refractivity contribution in [2.45, 2.75) is 19.4 Å². The van der Waals surface area contributed by atoms with Gasteiger partial charge in [-0.25, -0.2) is 4.79 Å². The number of amides is 1. The molecule has 1 N–H and O–H groups in total. The zero-order chi connectivity index (χ0) is 14.7. The largest absolute Gasteiger partial charge is 0.480 e. The normalized spacial score (nSPS) is 18.6. The van der Waals surface area contributed by atoms with Crippen molar-refractivity contribution in [3.05, 3.63) is 35.0 Å². The summed E-state index contributed by atoms with van der Waals surface area (Å²) in [5.41, 5.74) is 0.636. The van der Waals surface area contributed by atoms with Crippen LogP contribution in [0.5, 0.6) is 0 Å². The first-order valence-electron chi connectivity index (χ1n) is 5.95. The number of pyridine rings is 1. The van der Waals surface area contributed by atoms with Crippen molar-refractivity contribution < 1.29 is 14.7 Å². The monoisotopic (exact) mass is 308 g/mol. The maximum atomic E-state index is 12.3. The lowest BCUT2D eigenvalue weighted by atomic mass is 10.2. The minimum absolute atomic E-state index is 0.270. The van der Waals surface area contributed by atoms with Gasteiger partial charge in [0.1, 0.15) is 10.4 Å². The summed E-state index contributed by atoms with van der Waals surface area (Å²) in [5.74, 6) is -1.43. The third-order valence-electron chi connectivity index (χ3n) is 2.77. The van der Waals surface area contributed by atoms with E-state index in [0.717, 1.165) is 16.7 Å². The molecule has 1 fully saturated rings. The van der Waals surface area contributed by atoms with Crippen LogP contribution in [0.15, 0.2) is 29.3 Å². The van der Waals surface area contributed by atoms with E-state index in [9.17, 15) is 9.59 Å². The van der Waals surface area contributed by atoms with Gasteiger partial charge in [-0.05, 0) is 24.6 Å². The lowest BCUT2D eigenvalue weighted by Gasteiger charge is -2.21. The number of carbonyl (C=O) groups is 2. The highest BCUT2D eigenvalue weighted by molar-refractivity contribution is 8.26. The second-order valence-corrected chi connectivity index (χ2v) is 5.74. The molecule has 7 heteroatoms. The van der Waals surface area contributed by atoms with Crippen molar-refractivity contribution in [2.75, 3.05) is 0 Å². The fraction of sp³-hybridized carbons (Fsp3) is 0.231. The predicted octanol–water partition coefficient (Wildman–Crippen LogP) is 2.15. The Morgan fingerprint density at radius 3 is 2.90 bits per heavy atom. The van der Waals surface area contributed by atoms with Gasteiger partial charge in [-0.1, -0.05) is 37.0 Å². The van der Waals surface area contributed by atoms with Crippen molar-refractivity contribution in [2.24, 2.45) is 0 Å². The van der Waals surface area contributed by atoms with Crippen molar-refractivity contribution in [3.8, 4) is 0 Å². The summed E-state index contributed by atoms with van der Waals surface area (Å²) in [6.45, 7) is 1.71. The van der Waals surface area contributed by atoms with Crippen LogP contribution in [0, 0.1) is 0 Å². The van der Waals surface area contributed by atoms with Gasteiger partial charge in [0, 0.05) is 6.20 Å². The summed E-state index contributed by atoms with van der Waals surface area (Å²) < 4.78 is 0.270. The second kappa shape index (κ2) is 6.15. The Bertz CT molecular complexity index is 587. The van der Waals surface area contributed by atoms with Gasteiger partial charge in [-0.15, -0.1) is 0 Å². The molecule has 2 heterocycles. The van der Waals surface area contributed by atoms with E-state index >= 15 is 0 Å². The van der Waals surface area contributed by atoms with Crippen LogP contribution < -0.4 is 0 Å².